The Balaban J connectivity index is 1.69. The Morgan fingerprint density at radius 3 is 2.25 bits per heavy atom. The molecule has 3 aromatic rings. The van der Waals surface area contributed by atoms with Crippen molar-refractivity contribution in [3.8, 4) is 5.75 Å². The molecule has 0 aliphatic carbocycles. The third-order valence-corrected chi connectivity index (χ3v) is 4.57. The standard InChI is InChI=1S/C19H20N2O2S/c1-19(2,14-7-5-4-6-8-14)15-9-11-16(12-10-15)22-13-17-20-21-18(23-17)24-3/h4-12H,13H2,1-3H3. The van der Waals surface area contributed by atoms with Crippen molar-refractivity contribution >= 4 is 11.8 Å². The van der Waals surface area contributed by atoms with Crippen molar-refractivity contribution in [2.75, 3.05) is 6.26 Å². The summed E-state index contributed by atoms with van der Waals surface area (Å²) in [5, 5.41) is 8.38. The first-order valence-corrected chi connectivity index (χ1v) is 8.97. The topological polar surface area (TPSA) is 48.2 Å². The van der Waals surface area contributed by atoms with Crippen molar-refractivity contribution in [1.29, 1.82) is 0 Å². The number of nitrogens with zero attached hydrogens (tertiary/aromatic N) is 2. The molecule has 0 N–H and O–H groups in total. The molecular weight excluding hydrogens is 320 g/mol. The molecule has 124 valence electrons. The van der Waals surface area contributed by atoms with Gasteiger partial charge in [0.15, 0.2) is 6.61 Å². The van der Waals surface area contributed by atoms with Crippen molar-refractivity contribution in [3.05, 3.63) is 71.6 Å². The van der Waals surface area contributed by atoms with E-state index in [1.807, 2.05) is 24.5 Å². The first kappa shape index (κ1) is 16.6. The molecule has 0 bridgehead atoms. The van der Waals surface area contributed by atoms with E-state index < -0.39 is 0 Å². The molecule has 2 aromatic carbocycles. The van der Waals surface area contributed by atoms with E-state index in [1.54, 1.807) is 0 Å². The number of thioether (sulfide) groups is 1. The van der Waals surface area contributed by atoms with Gasteiger partial charge in [-0.2, -0.15) is 0 Å². The summed E-state index contributed by atoms with van der Waals surface area (Å²) in [6.45, 7) is 4.72. The first-order valence-electron chi connectivity index (χ1n) is 7.75. The van der Waals surface area contributed by atoms with E-state index in [2.05, 4.69) is 60.4 Å². The van der Waals surface area contributed by atoms with Crippen LogP contribution in [0.5, 0.6) is 5.75 Å². The third kappa shape index (κ3) is 3.62. The minimum Gasteiger partial charge on any atom is -0.484 e. The monoisotopic (exact) mass is 340 g/mol. The average Bonchev–Trinajstić information content (AvgIpc) is 3.09. The second-order valence-electron chi connectivity index (χ2n) is 5.97. The number of hydrogen-bond donors (Lipinski definition) is 0. The molecule has 0 spiro atoms. The number of benzene rings is 2. The van der Waals surface area contributed by atoms with Gasteiger partial charge in [0, 0.05) is 5.41 Å². The van der Waals surface area contributed by atoms with Gasteiger partial charge in [-0.1, -0.05) is 68.1 Å². The molecule has 0 fully saturated rings. The summed E-state index contributed by atoms with van der Waals surface area (Å²) in [7, 11) is 0. The van der Waals surface area contributed by atoms with Crippen LogP contribution in [0.15, 0.2) is 64.2 Å². The largest absolute Gasteiger partial charge is 0.484 e. The van der Waals surface area contributed by atoms with Gasteiger partial charge in [-0.15, -0.1) is 10.2 Å². The van der Waals surface area contributed by atoms with Crippen LogP contribution in [0.3, 0.4) is 0 Å². The second kappa shape index (κ2) is 7.09. The molecule has 4 nitrogen and oxygen atoms in total. The number of aromatic nitrogens is 2. The van der Waals surface area contributed by atoms with E-state index in [4.69, 9.17) is 9.15 Å². The summed E-state index contributed by atoms with van der Waals surface area (Å²) in [4.78, 5) is 0. The number of rotatable bonds is 6. The van der Waals surface area contributed by atoms with E-state index >= 15 is 0 Å². The van der Waals surface area contributed by atoms with E-state index in [-0.39, 0.29) is 12.0 Å². The highest BCUT2D eigenvalue weighted by Crippen LogP contribution is 2.32. The predicted octanol–water partition coefficient (Wildman–Crippen LogP) is 4.70. The molecular formula is C19H20N2O2S. The molecule has 0 atom stereocenters. The SMILES string of the molecule is CSc1nnc(COc2ccc(C(C)(C)c3ccccc3)cc2)o1. The van der Waals surface area contributed by atoms with Crippen molar-refractivity contribution < 1.29 is 9.15 Å². The summed E-state index contributed by atoms with van der Waals surface area (Å²) >= 11 is 1.42. The van der Waals surface area contributed by atoms with Gasteiger partial charge in [-0.05, 0) is 29.5 Å². The van der Waals surface area contributed by atoms with Crippen LogP contribution >= 0.6 is 11.8 Å². The lowest BCUT2D eigenvalue weighted by Crippen LogP contribution is -2.18. The molecule has 0 radical (unpaired) electrons. The molecule has 0 unspecified atom stereocenters. The van der Waals surface area contributed by atoms with Crippen LogP contribution in [0.2, 0.25) is 0 Å². The van der Waals surface area contributed by atoms with Gasteiger partial charge in [-0.25, -0.2) is 0 Å². The minimum absolute atomic E-state index is 0.0560. The zero-order valence-corrected chi connectivity index (χ0v) is 14.8. The van der Waals surface area contributed by atoms with Crippen LogP contribution in [0, 0.1) is 0 Å². The fraction of sp³-hybridized carbons (Fsp3) is 0.263. The van der Waals surface area contributed by atoms with Gasteiger partial charge >= 0.3 is 0 Å². The highest BCUT2D eigenvalue weighted by Gasteiger charge is 2.22. The van der Waals surface area contributed by atoms with Crippen LogP contribution < -0.4 is 4.74 Å². The summed E-state index contributed by atoms with van der Waals surface area (Å²) in [6, 6.07) is 18.7. The summed E-state index contributed by atoms with van der Waals surface area (Å²) in [6.07, 6.45) is 1.89. The Morgan fingerprint density at radius 1 is 0.958 bits per heavy atom. The molecule has 0 saturated heterocycles. The molecule has 0 saturated carbocycles. The van der Waals surface area contributed by atoms with Gasteiger partial charge < -0.3 is 9.15 Å². The first-order chi connectivity index (χ1) is 11.6. The van der Waals surface area contributed by atoms with Gasteiger partial charge in [0.05, 0.1) is 0 Å². The minimum atomic E-state index is -0.0560. The zero-order valence-electron chi connectivity index (χ0n) is 14.0. The lowest BCUT2D eigenvalue weighted by molar-refractivity contribution is 0.252. The second-order valence-corrected chi connectivity index (χ2v) is 6.73. The quantitative estimate of drug-likeness (QED) is 0.609. The smallest absolute Gasteiger partial charge is 0.276 e. The number of ether oxygens (including phenoxy) is 1. The maximum absolute atomic E-state index is 5.72. The van der Waals surface area contributed by atoms with E-state index in [1.165, 1.54) is 22.9 Å². The number of hydrogen-bond acceptors (Lipinski definition) is 5. The van der Waals surface area contributed by atoms with Gasteiger partial charge in [0.1, 0.15) is 5.75 Å². The maximum atomic E-state index is 5.72. The predicted molar refractivity (Wildman–Crippen MR) is 95.4 cm³/mol. The summed E-state index contributed by atoms with van der Waals surface area (Å²) < 4.78 is 11.1. The third-order valence-electron chi connectivity index (χ3n) is 4.06. The Bertz CT molecular complexity index is 783. The zero-order chi connectivity index (χ0) is 17.0. The highest BCUT2D eigenvalue weighted by molar-refractivity contribution is 7.98. The van der Waals surface area contributed by atoms with Crippen LogP contribution in [0.4, 0.5) is 0 Å². The molecule has 1 aromatic heterocycles. The lowest BCUT2D eigenvalue weighted by Gasteiger charge is -2.26. The van der Waals surface area contributed by atoms with Gasteiger partial charge in [-0.3, -0.25) is 0 Å². The molecule has 24 heavy (non-hydrogen) atoms. The van der Waals surface area contributed by atoms with Gasteiger partial charge in [0.25, 0.3) is 11.1 Å². The van der Waals surface area contributed by atoms with Gasteiger partial charge in [0.2, 0.25) is 0 Å². The van der Waals surface area contributed by atoms with E-state index in [0.29, 0.717) is 11.1 Å². The maximum Gasteiger partial charge on any atom is 0.276 e. The van der Waals surface area contributed by atoms with Crippen molar-refractivity contribution in [3.63, 3.8) is 0 Å². The molecule has 1 heterocycles. The molecule has 0 aliphatic rings. The fourth-order valence-electron chi connectivity index (χ4n) is 2.51. The van der Waals surface area contributed by atoms with E-state index in [9.17, 15) is 0 Å². The molecule has 3 rings (SSSR count). The Hall–Kier alpha value is -2.27. The van der Waals surface area contributed by atoms with E-state index in [0.717, 1.165) is 5.75 Å². The Morgan fingerprint density at radius 2 is 1.62 bits per heavy atom. The van der Waals surface area contributed by atoms with Crippen LogP contribution in [-0.2, 0) is 12.0 Å². The molecule has 5 heteroatoms. The molecule has 0 aliphatic heterocycles. The fourth-order valence-corrected chi connectivity index (χ4v) is 2.82. The van der Waals surface area contributed by atoms with Crippen molar-refractivity contribution in [2.45, 2.75) is 31.1 Å². The Kier molecular flexibility index (Phi) is 4.90. The highest BCUT2D eigenvalue weighted by atomic mass is 32.2. The lowest BCUT2D eigenvalue weighted by atomic mass is 9.78. The van der Waals surface area contributed by atoms with Crippen molar-refractivity contribution in [2.24, 2.45) is 0 Å². The average molecular weight is 340 g/mol. The summed E-state index contributed by atoms with van der Waals surface area (Å²) in [5.74, 6) is 1.26. The van der Waals surface area contributed by atoms with Crippen LogP contribution in [-0.4, -0.2) is 16.5 Å². The Labute approximate surface area is 146 Å². The molecule has 0 amide bonds. The van der Waals surface area contributed by atoms with Crippen LogP contribution in [0.25, 0.3) is 0 Å². The van der Waals surface area contributed by atoms with Crippen LogP contribution in [0.1, 0.15) is 30.9 Å². The van der Waals surface area contributed by atoms with Crippen molar-refractivity contribution in [1.82, 2.24) is 10.2 Å². The summed E-state index contributed by atoms with van der Waals surface area (Å²) in [5.41, 5.74) is 2.47. The normalized spacial score (nSPS) is 11.5.